The molecule has 0 aliphatic heterocycles. The lowest BCUT2D eigenvalue weighted by Gasteiger charge is -2.10. The monoisotopic (exact) mass is 270 g/mol. The lowest BCUT2D eigenvalue weighted by atomic mass is 10.2. The molecule has 6 heteroatoms. The van der Waals surface area contributed by atoms with Gasteiger partial charge < -0.3 is 9.30 Å². The van der Waals surface area contributed by atoms with Gasteiger partial charge in [0.25, 0.3) is 0 Å². The molecule has 3 nitrogen and oxygen atoms in total. The lowest BCUT2D eigenvalue weighted by Crippen LogP contribution is -2.06. The van der Waals surface area contributed by atoms with Crippen LogP contribution in [0, 0.1) is 6.92 Å². The Hall–Kier alpha value is -1.98. The van der Waals surface area contributed by atoms with Gasteiger partial charge >= 0.3 is 6.18 Å². The van der Waals surface area contributed by atoms with Crippen molar-refractivity contribution in [1.82, 2.24) is 9.55 Å². The second-order valence-electron chi connectivity index (χ2n) is 4.22. The van der Waals surface area contributed by atoms with E-state index in [1.807, 2.05) is 20.2 Å². The molecule has 1 aromatic carbocycles. The van der Waals surface area contributed by atoms with Gasteiger partial charge in [0.15, 0.2) is 0 Å². The molecule has 2 rings (SSSR count). The lowest BCUT2D eigenvalue weighted by molar-refractivity contribution is -0.137. The molecular weight excluding hydrogens is 257 g/mol. The molecule has 0 amide bonds. The third kappa shape index (κ3) is 3.27. The van der Waals surface area contributed by atoms with Gasteiger partial charge in [-0.2, -0.15) is 13.2 Å². The van der Waals surface area contributed by atoms with E-state index in [4.69, 9.17) is 4.74 Å². The Labute approximate surface area is 108 Å². The number of hydrogen-bond donors (Lipinski definition) is 0. The minimum atomic E-state index is -4.36. The van der Waals surface area contributed by atoms with Crippen LogP contribution in [0.4, 0.5) is 13.2 Å². The van der Waals surface area contributed by atoms with Crippen LogP contribution in [-0.4, -0.2) is 9.55 Å². The fraction of sp³-hybridized carbons (Fsp3) is 0.308. The van der Waals surface area contributed by atoms with Crippen LogP contribution in [-0.2, 0) is 19.8 Å². The van der Waals surface area contributed by atoms with Crippen LogP contribution in [0.1, 0.15) is 17.1 Å². The van der Waals surface area contributed by atoms with E-state index in [9.17, 15) is 13.2 Å². The molecule has 0 atom stereocenters. The average Bonchev–Trinajstić information content (AvgIpc) is 2.64. The standard InChI is InChI=1S/C13H13F3N2O/c1-9-7-18(2)12(17-9)8-19-11-5-3-4-10(6-11)13(14,15)16/h3-7H,8H2,1-2H3. The Kier molecular flexibility index (Phi) is 3.50. The Balaban J connectivity index is 2.10. The summed E-state index contributed by atoms with van der Waals surface area (Å²) in [6.07, 6.45) is -2.54. The summed E-state index contributed by atoms with van der Waals surface area (Å²) in [6, 6.07) is 4.81. The number of hydrogen-bond acceptors (Lipinski definition) is 2. The van der Waals surface area contributed by atoms with E-state index in [0.717, 1.165) is 17.8 Å². The predicted molar refractivity (Wildman–Crippen MR) is 63.7 cm³/mol. The van der Waals surface area contributed by atoms with Crippen molar-refractivity contribution in [3.8, 4) is 5.75 Å². The second-order valence-corrected chi connectivity index (χ2v) is 4.22. The maximum atomic E-state index is 12.5. The highest BCUT2D eigenvalue weighted by atomic mass is 19.4. The van der Waals surface area contributed by atoms with Crippen molar-refractivity contribution < 1.29 is 17.9 Å². The summed E-state index contributed by atoms with van der Waals surface area (Å²) in [4.78, 5) is 4.21. The first-order valence-corrected chi connectivity index (χ1v) is 5.65. The average molecular weight is 270 g/mol. The van der Waals surface area contributed by atoms with Gasteiger partial charge in [-0.1, -0.05) is 6.07 Å². The number of nitrogens with zero attached hydrogens (tertiary/aromatic N) is 2. The third-order valence-electron chi connectivity index (χ3n) is 2.62. The molecule has 0 unspecified atom stereocenters. The van der Waals surface area contributed by atoms with Crippen molar-refractivity contribution in [1.29, 1.82) is 0 Å². The van der Waals surface area contributed by atoms with Gasteiger partial charge in [-0.3, -0.25) is 0 Å². The number of imidazole rings is 1. The van der Waals surface area contributed by atoms with Gasteiger partial charge in [0.2, 0.25) is 0 Å². The van der Waals surface area contributed by atoms with Crippen molar-refractivity contribution >= 4 is 0 Å². The summed E-state index contributed by atoms with van der Waals surface area (Å²) in [5, 5.41) is 0. The number of halogens is 3. The first-order valence-electron chi connectivity index (χ1n) is 5.65. The zero-order valence-electron chi connectivity index (χ0n) is 10.5. The van der Waals surface area contributed by atoms with E-state index in [1.54, 1.807) is 4.57 Å². The number of benzene rings is 1. The molecule has 0 fully saturated rings. The molecule has 0 saturated heterocycles. The van der Waals surface area contributed by atoms with E-state index in [2.05, 4.69) is 4.98 Å². The number of aryl methyl sites for hydroxylation is 2. The maximum Gasteiger partial charge on any atom is 0.416 e. The SMILES string of the molecule is Cc1cn(C)c(COc2cccc(C(F)(F)F)c2)n1. The van der Waals surface area contributed by atoms with Crippen LogP contribution >= 0.6 is 0 Å². The summed E-state index contributed by atoms with van der Waals surface area (Å²) < 4.78 is 44.7. The van der Waals surface area contributed by atoms with Crippen LogP contribution in [0.25, 0.3) is 0 Å². The van der Waals surface area contributed by atoms with E-state index in [0.29, 0.717) is 5.82 Å². The van der Waals surface area contributed by atoms with Crippen molar-refractivity contribution in [2.45, 2.75) is 19.7 Å². The Morgan fingerprint density at radius 1 is 1.32 bits per heavy atom. The third-order valence-corrected chi connectivity index (χ3v) is 2.62. The summed E-state index contributed by atoms with van der Waals surface area (Å²) >= 11 is 0. The molecule has 0 aliphatic carbocycles. The first-order chi connectivity index (χ1) is 8.86. The highest BCUT2D eigenvalue weighted by molar-refractivity contribution is 5.30. The van der Waals surface area contributed by atoms with Crippen molar-refractivity contribution in [3.63, 3.8) is 0 Å². The smallest absolute Gasteiger partial charge is 0.416 e. The fourth-order valence-corrected chi connectivity index (χ4v) is 1.71. The normalized spacial score (nSPS) is 11.6. The van der Waals surface area contributed by atoms with Gasteiger partial charge in [0.05, 0.1) is 11.3 Å². The minimum Gasteiger partial charge on any atom is -0.486 e. The van der Waals surface area contributed by atoms with E-state index >= 15 is 0 Å². The van der Waals surface area contributed by atoms with Gasteiger partial charge in [0, 0.05) is 13.2 Å². The van der Waals surface area contributed by atoms with Crippen LogP contribution in [0.15, 0.2) is 30.5 Å². The van der Waals surface area contributed by atoms with E-state index in [1.165, 1.54) is 12.1 Å². The zero-order chi connectivity index (χ0) is 14.0. The van der Waals surface area contributed by atoms with E-state index in [-0.39, 0.29) is 12.4 Å². The summed E-state index contributed by atoms with van der Waals surface area (Å²) in [5.41, 5.74) is 0.117. The van der Waals surface area contributed by atoms with Gasteiger partial charge in [-0.05, 0) is 25.1 Å². The van der Waals surface area contributed by atoms with Gasteiger partial charge in [-0.25, -0.2) is 4.98 Å². The molecule has 0 aliphatic rings. The molecule has 0 spiro atoms. The molecule has 1 aromatic heterocycles. The molecule has 2 aromatic rings. The summed E-state index contributed by atoms with van der Waals surface area (Å²) in [6.45, 7) is 1.97. The number of rotatable bonds is 3. The topological polar surface area (TPSA) is 27.1 Å². The summed E-state index contributed by atoms with van der Waals surface area (Å²) in [7, 11) is 1.81. The Bertz CT molecular complexity index is 576. The minimum absolute atomic E-state index is 0.131. The number of alkyl halides is 3. The largest absolute Gasteiger partial charge is 0.486 e. The summed E-state index contributed by atoms with van der Waals surface area (Å²) in [5.74, 6) is 0.838. The van der Waals surface area contributed by atoms with E-state index < -0.39 is 11.7 Å². The Morgan fingerprint density at radius 3 is 2.63 bits per heavy atom. The van der Waals surface area contributed by atoms with Crippen molar-refractivity contribution in [2.24, 2.45) is 7.05 Å². The molecular formula is C13H13F3N2O. The highest BCUT2D eigenvalue weighted by Crippen LogP contribution is 2.31. The van der Waals surface area contributed by atoms with Gasteiger partial charge in [-0.15, -0.1) is 0 Å². The van der Waals surface area contributed by atoms with Crippen LogP contribution in [0.5, 0.6) is 5.75 Å². The van der Waals surface area contributed by atoms with Crippen molar-refractivity contribution in [3.05, 3.63) is 47.5 Å². The fourth-order valence-electron chi connectivity index (χ4n) is 1.71. The molecule has 0 saturated carbocycles. The maximum absolute atomic E-state index is 12.5. The zero-order valence-corrected chi connectivity index (χ0v) is 10.5. The molecule has 102 valence electrons. The van der Waals surface area contributed by atoms with Crippen LogP contribution in [0.3, 0.4) is 0 Å². The molecule has 1 heterocycles. The van der Waals surface area contributed by atoms with Gasteiger partial charge in [0.1, 0.15) is 18.2 Å². The number of ether oxygens (including phenoxy) is 1. The molecule has 19 heavy (non-hydrogen) atoms. The first kappa shape index (κ1) is 13.5. The quantitative estimate of drug-likeness (QED) is 0.855. The Morgan fingerprint density at radius 2 is 2.05 bits per heavy atom. The highest BCUT2D eigenvalue weighted by Gasteiger charge is 2.30. The van der Waals surface area contributed by atoms with Crippen LogP contribution < -0.4 is 4.74 Å². The molecule has 0 bridgehead atoms. The number of aromatic nitrogens is 2. The second kappa shape index (κ2) is 4.95. The van der Waals surface area contributed by atoms with Crippen LogP contribution in [0.2, 0.25) is 0 Å². The molecule has 0 radical (unpaired) electrons. The molecule has 0 N–H and O–H groups in total. The predicted octanol–water partition coefficient (Wildman–Crippen LogP) is 3.33. The van der Waals surface area contributed by atoms with Crippen molar-refractivity contribution in [2.75, 3.05) is 0 Å².